The van der Waals surface area contributed by atoms with Crippen LogP contribution in [0.5, 0.6) is 17.2 Å². The van der Waals surface area contributed by atoms with Crippen LogP contribution in [0.3, 0.4) is 0 Å². The highest BCUT2D eigenvalue weighted by Gasteiger charge is 2.13. The largest absolute Gasteiger partial charge is 0.496 e. The second-order valence-corrected chi connectivity index (χ2v) is 6.00. The molecule has 1 fully saturated rings. The molecular weight excluding hydrogens is 306 g/mol. The van der Waals surface area contributed by atoms with Gasteiger partial charge in [-0.15, -0.1) is 0 Å². The molecule has 0 radical (unpaired) electrons. The minimum absolute atomic E-state index is 0.489. The van der Waals surface area contributed by atoms with Crippen LogP contribution in [0.15, 0.2) is 23.2 Å². The lowest BCUT2D eigenvalue weighted by atomic mass is 9.96. The number of guanidine groups is 1. The van der Waals surface area contributed by atoms with E-state index in [2.05, 4.69) is 10.3 Å². The SMILES string of the molecule is COc1cc(OC)cc(OCCCN=C(N)NC2CCCCC2)c1. The van der Waals surface area contributed by atoms with Crippen LogP contribution in [-0.2, 0) is 0 Å². The highest BCUT2D eigenvalue weighted by molar-refractivity contribution is 5.78. The Morgan fingerprint density at radius 3 is 2.33 bits per heavy atom. The van der Waals surface area contributed by atoms with Gasteiger partial charge in [0.15, 0.2) is 5.96 Å². The van der Waals surface area contributed by atoms with Crippen molar-refractivity contribution < 1.29 is 14.2 Å². The summed E-state index contributed by atoms with van der Waals surface area (Å²) in [6.45, 7) is 1.21. The van der Waals surface area contributed by atoms with E-state index in [1.165, 1.54) is 32.1 Å². The fourth-order valence-corrected chi connectivity index (χ4v) is 2.82. The lowest BCUT2D eigenvalue weighted by Gasteiger charge is -2.23. The summed E-state index contributed by atoms with van der Waals surface area (Å²) in [4.78, 5) is 4.37. The summed E-state index contributed by atoms with van der Waals surface area (Å²) in [5, 5.41) is 3.31. The van der Waals surface area contributed by atoms with Crippen LogP contribution in [0.1, 0.15) is 38.5 Å². The van der Waals surface area contributed by atoms with Gasteiger partial charge in [-0.1, -0.05) is 19.3 Å². The smallest absolute Gasteiger partial charge is 0.188 e. The van der Waals surface area contributed by atoms with Crippen molar-refractivity contribution in [2.24, 2.45) is 10.7 Å². The molecule has 0 unspecified atom stereocenters. The number of nitrogens with one attached hydrogen (secondary N) is 1. The monoisotopic (exact) mass is 335 g/mol. The van der Waals surface area contributed by atoms with Gasteiger partial charge in [-0.25, -0.2) is 0 Å². The third kappa shape index (κ3) is 6.18. The van der Waals surface area contributed by atoms with Crippen molar-refractivity contribution in [2.75, 3.05) is 27.4 Å². The van der Waals surface area contributed by atoms with Crippen molar-refractivity contribution in [3.63, 3.8) is 0 Å². The molecule has 1 aromatic rings. The first-order chi connectivity index (χ1) is 11.7. The summed E-state index contributed by atoms with van der Waals surface area (Å²) in [6, 6.07) is 5.98. The van der Waals surface area contributed by atoms with Gasteiger partial charge >= 0.3 is 0 Å². The Morgan fingerprint density at radius 1 is 1.08 bits per heavy atom. The maximum Gasteiger partial charge on any atom is 0.188 e. The molecule has 0 aliphatic heterocycles. The Hall–Kier alpha value is -2.11. The lowest BCUT2D eigenvalue weighted by molar-refractivity contribution is 0.307. The number of nitrogens with zero attached hydrogens (tertiary/aromatic N) is 1. The molecule has 0 bridgehead atoms. The number of ether oxygens (including phenoxy) is 3. The van der Waals surface area contributed by atoms with Crippen LogP contribution in [0.4, 0.5) is 0 Å². The molecule has 0 aromatic heterocycles. The molecule has 24 heavy (non-hydrogen) atoms. The third-order valence-electron chi connectivity index (χ3n) is 4.14. The van der Waals surface area contributed by atoms with Gasteiger partial charge in [0.2, 0.25) is 0 Å². The van der Waals surface area contributed by atoms with E-state index in [4.69, 9.17) is 19.9 Å². The van der Waals surface area contributed by atoms with E-state index in [1.54, 1.807) is 14.2 Å². The van der Waals surface area contributed by atoms with E-state index < -0.39 is 0 Å². The van der Waals surface area contributed by atoms with Gasteiger partial charge in [0.25, 0.3) is 0 Å². The summed E-state index contributed by atoms with van der Waals surface area (Å²) in [7, 11) is 3.24. The molecule has 0 amide bonds. The van der Waals surface area contributed by atoms with Gasteiger partial charge in [0.1, 0.15) is 17.2 Å². The Bertz CT molecular complexity index is 506. The van der Waals surface area contributed by atoms with Crippen molar-refractivity contribution in [2.45, 2.75) is 44.6 Å². The fraction of sp³-hybridized carbons (Fsp3) is 0.611. The first-order valence-corrected chi connectivity index (χ1v) is 8.63. The number of nitrogens with two attached hydrogens (primary N) is 1. The summed E-state index contributed by atoms with van der Waals surface area (Å²) >= 11 is 0. The molecule has 1 saturated carbocycles. The number of aliphatic imine (C=N–C) groups is 1. The molecular formula is C18H29N3O3. The number of methoxy groups -OCH3 is 2. The maximum absolute atomic E-state index is 5.94. The third-order valence-corrected chi connectivity index (χ3v) is 4.14. The van der Waals surface area contributed by atoms with Crippen molar-refractivity contribution in [3.8, 4) is 17.2 Å². The van der Waals surface area contributed by atoms with Crippen molar-refractivity contribution in [3.05, 3.63) is 18.2 Å². The number of rotatable bonds is 8. The average Bonchev–Trinajstić information content (AvgIpc) is 2.62. The van der Waals surface area contributed by atoms with Crippen LogP contribution in [0.2, 0.25) is 0 Å². The Morgan fingerprint density at radius 2 is 1.71 bits per heavy atom. The zero-order chi connectivity index (χ0) is 17.2. The minimum Gasteiger partial charge on any atom is -0.496 e. The first-order valence-electron chi connectivity index (χ1n) is 8.63. The molecule has 6 nitrogen and oxygen atoms in total. The molecule has 134 valence electrons. The molecule has 0 atom stereocenters. The zero-order valence-electron chi connectivity index (χ0n) is 14.7. The van der Waals surface area contributed by atoms with Gasteiger partial charge in [-0.3, -0.25) is 4.99 Å². The molecule has 3 N–H and O–H groups in total. The minimum atomic E-state index is 0.489. The predicted molar refractivity (Wildman–Crippen MR) is 96.2 cm³/mol. The summed E-state index contributed by atoms with van der Waals surface area (Å²) in [5.41, 5.74) is 5.94. The second kappa shape index (κ2) is 9.90. The van der Waals surface area contributed by atoms with E-state index in [0.29, 0.717) is 36.7 Å². The second-order valence-electron chi connectivity index (χ2n) is 6.00. The summed E-state index contributed by atoms with van der Waals surface area (Å²) in [6.07, 6.45) is 7.08. The molecule has 1 aliphatic rings. The van der Waals surface area contributed by atoms with E-state index in [-0.39, 0.29) is 0 Å². The predicted octanol–water partition coefficient (Wildman–Crippen LogP) is 2.71. The standard InChI is InChI=1S/C18H29N3O3/c1-22-15-11-16(23-2)13-17(12-15)24-10-6-9-20-18(19)21-14-7-4-3-5-8-14/h11-14H,3-10H2,1-2H3,(H3,19,20,21). The maximum atomic E-state index is 5.94. The Labute approximate surface area is 144 Å². The summed E-state index contributed by atoms with van der Waals surface area (Å²) < 4.78 is 16.2. The number of benzene rings is 1. The van der Waals surface area contributed by atoms with E-state index in [1.807, 2.05) is 18.2 Å². The Kier molecular flexibility index (Phi) is 7.52. The number of hydrogen-bond acceptors (Lipinski definition) is 4. The van der Waals surface area contributed by atoms with E-state index >= 15 is 0 Å². The van der Waals surface area contributed by atoms with Gasteiger partial charge in [-0.2, -0.15) is 0 Å². The highest BCUT2D eigenvalue weighted by Crippen LogP contribution is 2.27. The van der Waals surface area contributed by atoms with E-state index in [0.717, 1.165) is 12.2 Å². The van der Waals surface area contributed by atoms with Crippen molar-refractivity contribution in [1.82, 2.24) is 5.32 Å². The highest BCUT2D eigenvalue weighted by atomic mass is 16.5. The Balaban J connectivity index is 1.69. The van der Waals surface area contributed by atoms with Crippen LogP contribution < -0.4 is 25.3 Å². The van der Waals surface area contributed by atoms with E-state index in [9.17, 15) is 0 Å². The topological polar surface area (TPSA) is 78.1 Å². The molecule has 1 aliphatic carbocycles. The van der Waals surface area contributed by atoms with Gasteiger partial charge in [0, 0.05) is 37.2 Å². The van der Waals surface area contributed by atoms with Gasteiger partial charge < -0.3 is 25.3 Å². The van der Waals surface area contributed by atoms with Crippen LogP contribution in [0.25, 0.3) is 0 Å². The fourth-order valence-electron chi connectivity index (χ4n) is 2.82. The summed E-state index contributed by atoms with van der Waals surface area (Å²) in [5.74, 6) is 2.69. The van der Waals surface area contributed by atoms with Gasteiger partial charge in [0.05, 0.1) is 20.8 Å². The van der Waals surface area contributed by atoms with Crippen molar-refractivity contribution >= 4 is 5.96 Å². The molecule has 1 aromatic carbocycles. The van der Waals surface area contributed by atoms with Crippen LogP contribution >= 0.6 is 0 Å². The van der Waals surface area contributed by atoms with Crippen LogP contribution in [0, 0.1) is 0 Å². The zero-order valence-corrected chi connectivity index (χ0v) is 14.7. The van der Waals surface area contributed by atoms with Crippen LogP contribution in [-0.4, -0.2) is 39.4 Å². The van der Waals surface area contributed by atoms with Gasteiger partial charge in [-0.05, 0) is 12.8 Å². The van der Waals surface area contributed by atoms with Crippen molar-refractivity contribution in [1.29, 1.82) is 0 Å². The molecule has 2 rings (SSSR count). The molecule has 0 heterocycles. The molecule has 0 saturated heterocycles. The lowest BCUT2D eigenvalue weighted by Crippen LogP contribution is -2.41. The first kappa shape index (κ1) is 18.2. The molecule has 0 spiro atoms. The molecule has 6 heteroatoms. The normalized spacial score (nSPS) is 15.8. The number of hydrogen-bond donors (Lipinski definition) is 2. The average molecular weight is 335 g/mol. The quantitative estimate of drug-likeness (QED) is 0.434.